The molecule has 2 aliphatic heterocycles. The molecule has 0 saturated carbocycles. The van der Waals surface area contributed by atoms with E-state index in [1.807, 2.05) is 0 Å². The van der Waals surface area contributed by atoms with E-state index in [9.17, 15) is 5.11 Å². The van der Waals surface area contributed by atoms with Crippen LogP contribution in [0.2, 0.25) is 0 Å². The minimum atomic E-state index is 0. The van der Waals surface area contributed by atoms with E-state index in [1.165, 1.54) is 25.9 Å². The second-order valence-corrected chi connectivity index (χ2v) is 7.92. The molecule has 7 heteroatoms. The molecule has 0 spiro atoms. The SMILES string of the molecule is CCNC(=NCC1(CCO)CCOC1)NCC(C)N1CCC(C)CC1.I. The van der Waals surface area contributed by atoms with Crippen molar-refractivity contribution in [2.45, 2.75) is 52.5 Å². The number of guanidine groups is 1. The van der Waals surface area contributed by atoms with Crippen LogP contribution in [0, 0.1) is 11.3 Å². The maximum atomic E-state index is 9.36. The summed E-state index contributed by atoms with van der Waals surface area (Å²) < 4.78 is 5.56. The highest BCUT2D eigenvalue weighted by atomic mass is 127. The van der Waals surface area contributed by atoms with Crippen molar-refractivity contribution in [3.63, 3.8) is 0 Å². The van der Waals surface area contributed by atoms with Crippen molar-refractivity contribution in [3.8, 4) is 0 Å². The van der Waals surface area contributed by atoms with Crippen molar-refractivity contribution in [1.29, 1.82) is 0 Å². The molecule has 0 aromatic heterocycles. The Kier molecular flexibility index (Phi) is 11.4. The number of aliphatic hydroxyl groups is 1. The van der Waals surface area contributed by atoms with Crippen LogP contribution in [-0.2, 0) is 4.74 Å². The van der Waals surface area contributed by atoms with Crippen molar-refractivity contribution in [3.05, 3.63) is 0 Å². The van der Waals surface area contributed by atoms with Gasteiger partial charge in [0.1, 0.15) is 0 Å². The second kappa shape index (κ2) is 12.4. The van der Waals surface area contributed by atoms with Gasteiger partial charge in [0.15, 0.2) is 5.96 Å². The third-order valence-electron chi connectivity index (χ3n) is 5.75. The molecule has 6 nitrogen and oxygen atoms in total. The Hall–Kier alpha value is -0.120. The zero-order valence-electron chi connectivity index (χ0n) is 16.8. The Morgan fingerprint density at radius 3 is 2.65 bits per heavy atom. The van der Waals surface area contributed by atoms with Gasteiger partial charge in [-0.05, 0) is 58.5 Å². The van der Waals surface area contributed by atoms with Gasteiger partial charge >= 0.3 is 0 Å². The number of aliphatic hydroxyl groups excluding tert-OH is 1. The van der Waals surface area contributed by atoms with Crippen molar-refractivity contribution in [2.24, 2.45) is 16.3 Å². The lowest BCUT2D eigenvalue weighted by Crippen LogP contribution is -2.48. The van der Waals surface area contributed by atoms with Crippen LogP contribution in [0.1, 0.15) is 46.5 Å². The van der Waals surface area contributed by atoms with Gasteiger partial charge in [0.05, 0.1) is 13.2 Å². The summed E-state index contributed by atoms with van der Waals surface area (Å²) in [5.74, 6) is 1.75. The van der Waals surface area contributed by atoms with Crippen molar-refractivity contribution < 1.29 is 9.84 Å². The van der Waals surface area contributed by atoms with Gasteiger partial charge in [0.2, 0.25) is 0 Å². The molecule has 2 aliphatic rings. The number of piperidine rings is 1. The smallest absolute Gasteiger partial charge is 0.191 e. The number of ether oxygens (including phenoxy) is 1. The summed E-state index contributed by atoms with van der Waals surface area (Å²) in [5.41, 5.74) is 0.00568. The first-order valence-corrected chi connectivity index (χ1v) is 10.0. The molecule has 2 rings (SSSR count). The van der Waals surface area contributed by atoms with Gasteiger partial charge < -0.3 is 20.5 Å². The molecule has 0 bridgehead atoms. The minimum absolute atomic E-state index is 0. The Bertz CT molecular complexity index is 408. The molecule has 2 fully saturated rings. The molecular weight excluding hydrogens is 443 g/mol. The van der Waals surface area contributed by atoms with E-state index < -0.39 is 0 Å². The fourth-order valence-corrected chi connectivity index (χ4v) is 3.72. The van der Waals surface area contributed by atoms with Crippen LogP contribution in [0.25, 0.3) is 0 Å². The number of hydrogen-bond acceptors (Lipinski definition) is 4. The van der Waals surface area contributed by atoms with Crippen LogP contribution in [0.5, 0.6) is 0 Å². The Labute approximate surface area is 176 Å². The number of nitrogens with zero attached hydrogens (tertiary/aromatic N) is 2. The summed E-state index contributed by atoms with van der Waals surface area (Å²) in [4.78, 5) is 7.38. The van der Waals surface area contributed by atoms with E-state index in [-0.39, 0.29) is 36.0 Å². The van der Waals surface area contributed by atoms with Crippen molar-refractivity contribution in [1.82, 2.24) is 15.5 Å². The molecule has 2 atom stereocenters. The van der Waals surface area contributed by atoms with Gasteiger partial charge in [-0.25, -0.2) is 0 Å². The van der Waals surface area contributed by atoms with Crippen LogP contribution in [0.3, 0.4) is 0 Å². The zero-order valence-corrected chi connectivity index (χ0v) is 19.1. The first-order valence-electron chi connectivity index (χ1n) is 10.0. The third-order valence-corrected chi connectivity index (χ3v) is 5.75. The maximum absolute atomic E-state index is 9.36. The molecule has 0 radical (unpaired) electrons. The number of likely N-dealkylation sites (tertiary alicyclic amines) is 1. The number of rotatable bonds is 8. The number of aliphatic imine (C=N–C) groups is 1. The Morgan fingerprint density at radius 1 is 1.35 bits per heavy atom. The Morgan fingerprint density at radius 2 is 2.08 bits per heavy atom. The predicted molar refractivity (Wildman–Crippen MR) is 118 cm³/mol. The monoisotopic (exact) mass is 482 g/mol. The fourth-order valence-electron chi connectivity index (χ4n) is 3.72. The van der Waals surface area contributed by atoms with Crippen LogP contribution >= 0.6 is 24.0 Å². The molecule has 0 aliphatic carbocycles. The molecule has 26 heavy (non-hydrogen) atoms. The zero-order chi connectivity index (χ0) is 18.1. The van der Waals surface area contributed by atoms with Gasteiger partial charge in [0.25, 0.3) is 0 Å². The third kappa shape index (κ3) is 7.48. The van der Waals surface area contributed by atoms with E-state index in [4.69, 9.17) is 9.73 Å². The van der Waals surface area contributed by atoms with Crippen LogP contribution in [0.4, 0.5) is 0 Å². The summed E-state index contributed by atoms with van der Waals surface area (Å²) in [7, 11) is 0. The van der Waals surface area contributed by atoms with Crippen molar-refractivity contribution in [2.75, 3.05) is 52.5 Å². The lowest BCUT2D eigenvalue weighted by Gasteiger charge is -2.35. The summed E-state index contributed by atoms with van der Waals surface area (Å²) in [6, 6.07) is 0.512. The van der Waals surface area contributed by atoms with E-state index in [0.717, 1.165) is 44.4 Å². The first kappa shape index (κ1) is 23.9. The highest BCUT2D eigenvalue weighted by molar-refractivity contribution is 14.0. The van der Waals surface area contributed by atoms with Gasteiger partial charge in [-0.1, -0.05) is 6.92 Å². The molecule has 3 N–H and O–H groups in total. The predicted octanol–water partition coefficient (Wildman–Crippen LogP) is 2.07. The topological polar surface area (TPSA) is 69.1 Å². The lowest BCUT2D eigenvalue weighted by atomic mass is 9.84. The average molecular weight is 482 g/mol. The minimum Gasteiger partial charge on any atom is -0.396 e. The summed E-state index contributed by atoms with van der Waals surface area (Å²) in [6.07, 6.45) is 4.36. The molecule has 154 valence electrons. The fraction of sp³-hybridized carbons (Fsp3) is 0.947. The summed E-state index contributed by atoms with van der Waals surface area (Å²) >= 11 is 0. The molecule has 0 amide bonds. The van der Waals surface area contributed by atoms with Crippen LogP contribution < -0.4 is 10.6 Å². The second-order valence-electron chi connectivity index (χ2n) is 7.92. The van der Waals surface area contributed by atoms with Crippen LogP contribution in [0.15, 0.2) is 4.99 Å². The highest BCUT2D eigenvalue weighted by Crippen LogP contribution is 2.32. The van der Waals surface area contributed by atoms with E-state index in [0.29, 0.717) is 19.2 Å². The highest BCUT2D eigenvalue weighted by Gasteiger charge is 2.34. The molecule has 0 aromatic carbocycles. The van der Waals surface area contributed by atoms with Crippen LogP contribution in [-0.4, -0.2) is 74.6 Å². The molecule has 2 heterocycles. The lowest BCUT2D eigenvalue weighted by molar-refractivity contribution is 0.131. The number of hydrogen-bond donors (Lipinski definition) is 3. The van der Waals surface area contributed by atoms with Gasteiger partial charge in [-0.2, -0.15) is 0 Å². The average Bonchev–Trinajstić information content (AvgIpc) is 3.07. The molecule has 0 aromatic rings. The first-order chi connectivity index (χ1) is 12.1. The molecule has 2 unspecified atom stereocenters. The number of nitrogens with one attached hydrogen (secondary N) is 2. The molecular formula is C19H39IN4O2. The standard InChI is InChI=1S/C19H38N4O2.HI/c1-4-20-18(22-14-19(7-11-24)8-12-25-15-19)21-13-17(3)23-9-5-16(2)6-10-23;/h16-17,24H,4-15H2,1-3H3,(H2,20,21,22);1H. The quantitative estimate of drug-likeness (QED) is 0.281. The van der Waals surface area contributed by atoms with Crippen molar-refractivity contribution >= 4 is 29.9 Å². The van der Waals surface area contributed by atoms with Gasteiger partial charge in [0, 0.05) is 37.8 Å². The normalized spacial score (nSPS) is 26.4. The Balaban J connectivity index is 0.00000338. The van der Waals surface area contributed by atoms with E-state index in [2.05, 4.69) is 36.3 Å². The van der Waals surface area contributed by atoms with E-state index in [1.54, 1.807) is 0 Å². The number of halogens is 1. The maximum Gasteiger partial charge on any atom is 0.191 e. The van der Waals surface area contributed by atoms with Gasteiger partial charge in [-0.3, -0.25) is 9.89 Å². The van der Waals surface area contributed by atoms with E-state index >= 15 is 0 Å². The summed E-state index contributed by atoms with van der Waals surface area (Å²) in [5, 5.41) is 16.2. The molecule has 2 saturated heterocycles. The van der Waals surface area contributed by atoms with Gasteiger partial charge in [-0.15, -0.1) is 24.0 Å². The largest absolute Gasteiger partial charge is 0.396 e. The summed E-state index contributed by atoms with van der Waals surface area (Å²) in [6.45, 7) is 13.3.